The van der Waals surface area contributed by atoms with E-state index in [1.807, 2.05) is 36.4 Å². The van der Waals surface area contributed by atoms with Crippen LogP contribution < -0.4 is 4.90 Å². The average molecular weight is 395 g/mol. The summed E-state index contributed by atoms with van der Waals surface area (Å²) in [7, 11) is -0.481. The maximum absolute atomic E-state index is 12.7. The third-order valence-electron chi connectivity index (χ3n) is 5.28. The monoisotopic (exact) mass is 394 g/mol. The van der Waals surface area contributed by atoms with Gasteiger partial charge in [0.2, 0.25) is 10.0 Å². The lowest BCUT2D eigenvalue weighted by molar-refractivity contribution is 0.521. The molecule has 1 aliphatic rings. The van der Waals surface area contributed by atoms with Crippen molar-refractivity contribution in [2.45, 2.75) is 11.3 Å². The van der Waals surface area contributed by atoms with E-state index in [0.717, 1.165) is 40.8 Å². The summed E-state index contributed by atoms with van der Waals surface area (Å²) >= 11 is 0. The molecule has 1 fully saturated rings. The molecule has 0 amide bonds. The molecular weight excluding hydrogens is 372 g/mol. The maximum Gasteiger partial charge on any atom is 0.242 e. The van der Waals surface area contributed by atoms with Crippen molar-refractivity contribution in [2.75, 3.05) is 32.1 Å². The number of aromatic amines is 1. The minimum Gasteiger partial charge on any atom is -0.370 e. The number of aromatic nitrogens is 1. The molecule has 1 aromatic heterocycles. The van der Waals surface area contributed by atoms with Crippen molar-refractivity contribution in [3.8, 4) is 17.3 Å². The summed E-state index contributed by atoms with van der Waals surface area (Å²) in [5, 5.41) is 10.3. The van der Waals surface area contributed by atoms with Gasteiger partial charge in [-0.2, -0.15) is 5.26 Å². The molecule has 2 aromatic carbocycles. The summed E-state index contributed by atoms with van der Waals surface area (Å²) in [4.78, 5) is 5.83. The van der Waals surface area contributed by atoms with Crippen molar-refractivity contribution >= 4 is 26.6 Å². The van der Waals surface area contributed by atoms with E-state index in [0.29, 0.717) is 6.54 Å². The minimum atomic E-state index is -3.54. The van der Waals surface area contributed by atoms with Crippen LogP contribution in [-0.4, -0.2) is 44.9 Å². The van der Waals surface area contributed by atoms with Crippen LogP contribution in [0.1, 0.15) is 6.42 Å². The van der Waals surface area contributed by atoms with Crippen LogP contribution in [-0.2, 0) is 10.0 Å². The number of hydrogen-bond acceptors (Lipinski definition) is 4. The first-order valence-corrected chi connectivity index (χ1v) is 10.6. The first-order valence-electron chi connectivity index (χ1n) is 9.19. The molecule has 4 rings (SSSR count). The molecule has 7 heteroatoms. The van der Waals surface area contributed by atoms with Crippen LogP contribution in [0, 0.1) is 17.2 Å². The van der Waals surface area contributed by atoms with Gasteiger partial charge < -0.3 is 9.88 Å². The van der Waals surface area contributed by atoms with Crippen molar-refractivity contribution in [2.24, 2.45) is 5.92 Å². The van der Waals surface area contributed by atoms with Crippen LogP contribution in [0.5, 0.6) is 0 Å². The van der Waals surface area contributed by atoms with Crippen molar-refractivity contribution in [1.82, 2.24) is 9.29 Å². The molecule has 0 bridgehead atoms. The van der Waals surface area contributed by atoms with Crippen LogP contribution in [0.3, 0.4) is 0 Å². The van der Waals surface area contributed by atoms with E-state index >= 15 is 0 Å². The van der Waals surface area contributed by atoms with Crippen LogP contribution >= 0.6 is 0 Å². The number of H-pyrrole nitrogens is 1. The molecule has 1 aliphatic heterocycles. The molecule has 3 aromatic rings. The number of sulfonamides is 1. The second-order valence-electron chi connectivity index (χ2n) is 7.30. The largest absolute Gasteiger partial charge is 0.370 e. The Morgan fingerprint density at radius 1 is 1.18 bits per heavy atom. The van der Waals surface area contributed by atoms with E-state index in [4.69, 9.17) is 0 Å². The number of hydrogen-bond donors (Lipinski definition) is 1. The van der Waals surface area contributed by atoms with Crippen LogP contribution in [0.15, 0.2) is 53.4 Å². The highest BCUT2D eigenvalue weighted by molar-refractivity contribution is 7.89. The number of para-hydroxylation sites is 1. The summed E-state index contributed by atoms with van der Waals surface area (Å²) < 4.78 is 26.6. The van der Waals surface area contributed by atoms with Gasteiger partial charge in [-0.15, -0.1) is 0 Å². The van der Waals surface area contributed by atoms with Crippen molar-refractivity contribution in [1.29, 1.82) is 5.26 Å². The van der Waals surface area contributed by atoms with Crippen molar-refractivity contribution in [3.05, 3.63) is 48.5 Å². The second kappa shape index (κ2) is 6.97. The number of nitrogens with zero attached hydrogens (tertiary/aromatic N) is 3. The Morgan fingerprint density at radius 3 is 2.64 bits per heavy atom. The number of nitrogens with one attached hydrogen (secondary N) is 1. The summed E-state index contributed by atoms with van der Waals surface area (Å²) in [6.07, 6.45) is 0.820. The van der Waals surface area contributed by atoms with Gasteiger partial charge in [0.1, 0.15) is 0 Å². The summed E-state index contributed by atoms with van der Waals surface area (Å²) in [6, 6.07) is 17.6. The SMILES string of the molecule is CN(C)S(=O)(=O)c1ccc(N2CCC(C#N)C2)c(-c2cc3ccccc3[nH]2)c1. The number of fused-ring (bicyclic) bond motifs is 1. The maximum atomic E-state index is 12.7. The highest BCUT2D eigenvalue weighted by Crippen LogP contribution is 2.37. The van der Waals surface area contributed by atoms with Gasteiger partial charge in [-0.3, -0.25) is 0 Å². The van der Waals surface area contributed by atoms with E-state index in [9.17, 15) is 13.7 Å². The zero-order chi connectivity index (χ0) is 19.9. The first kappa shape index (κ1) is 18.5. The molecule has 1 saturated heterocycles. The van der Waals surface area contributed by atoms with Gasteiger partial charge in [-0.05, 0) is 36.8 Å². The lowest BCUT2D eigenvalue weighted by Crippen LogP contribution is -2.23. The normalized spacial score (nSPS) is 17.4. The van der Waals surface area contributed by atoms with Gasteiger partial charge in [0, 0.05) is 55.0 Å². The molecule has 1 N–H and O–H groups in total. The molecule has 2 heterocycles. The predicted molar refractivity (Wildman–Crippen MR) is 111 cm³/mol. The molecule has 144 valence electrons. The molecule has 0 aliphatic carbocycles. The zero-order valence-electron chi connectivity index (χ0n) is 15.9. The van der Waals surface area contributed by atoms with Crippen LogP contribution in [0.4, 0.5) is 5.69 Å². The fourth-order valence-electron chi connectivity index (χ4n) is 3.68. The standard InChI is InChI=1S/C21H22N4O2S/c1-24(2)28(26,27)17-7-8-21(25-10-9-15(13-22)14-25)18(12-17)20-11-16-5-3-4-6-19(16)23-20/h3-8,11-12,15,23H,9-10,14H2,1-2H3. The van der Waals surface area contributed by atoms with E-state index < -0.39 is 10.0 Å². The van der Waals surface area contributed by atoms with Crippen molar-refractivity contribution in [3.63, 3.8) is 0 Å². The highest BCUT2D eigenvalue weighted by atomic mass is 32.2. The fraction of sp³-hybridized carbons (Fsp3) is 0.286. The number of anilines is 1. The van der Waals surface area contributed by atoms with Gasteiger partial charge in [-0.1, -0.05) is 18.2 Å². The topological polar surface area (TPSA) is 80.2 Å². The van der Waals surface area contributed by atoms with Gasteiger partial charge in [0.05, 0.1) is 16.9 Å². The van der Waals surface area contributed by atoms with E-state index in [2.05, 4.69) is 16.0 Å². The van der Waals surface area contributed by atoms with Gasteiger partial charge in [0.15, 0.2) is 0 Å². The Hall–Kier alpha value is -2.82. The summed E-state index contributed by atoms with van der Waals surface area (Å²) in [5.41, 5.74) is 3.65. The summed E-state index contributed by atoms with van der Waals surface area (Å²) in [6.45, 7) is 1.44. The predicted octanol–water partition coefficient (Wildman–Crippen LogP) is 3.44. The molecule has 0 saturated carbocycles. The summed E-state index contributed by atoms with van der Waals surface area (Å²) in [5.74, 6) is 0.000693. The van der Waals surface area contributed by atoms with E-state index in [-0.39, 0.29) is 10.8 Å². The molecule has 1 unspecified atom stereocenters. The number of rotatable bonds is 4. The molecular formula is C21H22N4O2S. The smallest absolute Gasteiger partial charge is 0.242 e. The minimum absolute atomic E-state index is 0.000693. The Kier molecular flexibility index (Phi) is 4.61. The van der Waals surface area contributed by atoms with Gasteiger partial charge in [0.25, 0.3) is 0 Å². The lowest BCUT2D eigenvalue weighted by atomic mass is 10.1. The third kappa shape index (κ3) is 3.15. The van der Waals surface area contributed by atoms with Gasteiger partial charge >= 0.3 is 0 Å². The van der Waals surface area contributed by atoms with Gasteiger partial charge in [-0.25, -0.2) is 12.7 Å². The van der Waals surface area contributed by atoms with Crippen molar-refractivity contribution < 1.29 is 8.42 Å². The molecule has 6 nitrogen and oxygen atoms in total. The quantitative estimate of drug-likeness (QED) is 0.735. The Labute approximate surface area is 165 Å². The first-order chi connectivity index (χ1) is 13.4. The molecule has 28 heavy (non-hydrogen) atoms. The molecule has 0 radical (unpaired) electrons. The second-order valence-corrected chi connectivity index (χ2v) is 9.45. The fourth-order valence-corrected chi connectivity index (χ4v) is 4.61. The Balaban J connectivity index is 1.88. The average Bonchev–Trinajstić information content (AvgIpc) is 3.34. The Bertz CT molecular complexity index is 1140. The van der Waals surface area contributed by atoms with E-state index in [1.165, 1.54) is 18.4 Å². The lowest BCUT2D eigenvalue weighted by Gasteiger charge is -2.22. The van der Waals surface area contributed by atoms with E-state index in [1.54, 1.807) is 12.1 Å². The van der Waals surface area contributed by atoms with Crippen LogP contribution in [0.2, 0.25) is 0 Å². The number of benzene rings is 2. The Morgan fingerprint density at radius 2 is 1.96 bits per heavy atom. The molecule has 1 atom stereocenters. The zero-order valence-corrected chi connectivity index (χ0v) is 16.7. The number of nitriles is 1. The van der Waals surface area contributed by atoms with Crippen LogP contribution in [0.25, 0.3) is 22.2 Å². The highest BCUT2D eigenvalue weighted by Gasteiger charge is 2.26. The molecule has 0 spiro atoms. The third-order valence-corrected chi connectivity index (χ3v) is 7.09.